The van der Waals surface area contributed by atoms with Crippen LogP contribution in [-0.4, -0.2) is 24.5 Å². The van der Waals surface area contributed by atoms with Crippen LogP contribution in [0.2, 0.25) is 0 Å². The molecule has 3 N–H and O–H groups in total. The number of anilines is 1. The number of nitriles is 1. The van der Waals surface area contributed by atoms with E-state index in [-0.39, 0.29) is 32.4 Å². The van der Waals surface area contributed by atoms with Gasteiger partial charge in [-0.1, -0.05) is 0 Å². The molecule has 21 heavy (non-hydrogen) atoms. The predicted molar refractivity (Wildman–Crippen MR) is 77.1 cm³/mol. The molecule has 2 rings (SSSR count). The summed E-state index contributed by atoms with van der Waals surface area (Å²) in [6, 6.07) is 3.39. The molecule has 2 heterocycles. The monoisotopic (exact) mass is 325 g/mol. The van der Waals surface area contributed by atoms with Crippen LogP contribution in [0.1, 0.15) is 27.3 Å². The fourth-order valence-corrected chi connectivity index (χ4v) is 4.52. The largest absolute Gasteiger partial charge is 0.477 e. The third kappa shape index (κ3) is 2.63. The minimum absolute atomic E-state index is 0.114. The number of thiophene rings is 1. The highest BCUT2D eigenvalue weighted by Crippen LogP contribution is 2.29. The molecule has 9 heteroatoms. The van der Waals surface area contributed by atoms with Gasteiger partial charge in [0.25, 0.3) is 10.0 Å². The maximum absolute atomic E-state index is 12.4. The highest BCUT2D eigenvalue weighted by molar-refractivity contribution is 7.93. The van der Waals surface area contributed by atoms with Crippen molar-refractivity contribution in [2.24, 2.45) is 0 Å². The van der Waals surface area contributed by atoms with E-state index in [9.17, 15) is 13.2 Å². The van der Waals surface area contributed by atoms with E-state index < -0.39 is 16.0 Å². The Bertz CT molecular complexity index is 856. The van der Waals surface area contributed by atoms with Crippen molar-refractivity contribution in [3.8, 4) is 6.07 Å². The maximum Gasteiger partial charge on any atom is 0.352 e. The van der Waals surface area contributed by atoms with Gasteiger partial charge in [0.2, 0.25) is 0 Å². The van der Waals surface area contributed by atoms with Gasteiger partial charge in [0.1, 0.15) is 21.7 Å². The zero-order valence-corrected chi connectivity index (χ0v) is 12.7. The number of aromatic nitrogens is 1. The number of hydrogen-bond acceptors (Lipinski definition) is 5. The maximum atomic E-state index is 12.4. The van der Waals surface area contributed by atoms with Crippen LogP contribution in [0.3, 0.4) is 0 Å². The molecular weight excluding hydrogens is 314 g/mol. The number of aryl methyl sites for hydroxylation is 1. The Labute approximate surface area is 124 Å². The zero-order valence-electron chi connectivity index (χ0n) is 11.1. The molecule has 2 aromatic rings. The van der Waals surface area contributed by atoms with E-state index in [1.807, 2.05) is 6.07 Å². The first-order chi connectivity index (χ1) is 9.77. The van der Waals surface area contributed by atoms with Crippen LogP contribution in [-0.2, 0) is 10.0 Å². The van der Waals surface area contributed by atoms with E-state index in [2.05, 4.69) is 9.71 Å². The van der Waals surface area contributed by atoms with Gasteiger partial charge in [-0.3, -0.25) is 4.72 Å². The summed E-state index contributed by atoms with van der Waals surface area (Å²) >= 11 is 1.08. The van der Waals surface area contributed by atoms with Gasteiger partial charge < -0.3 is 10.1 Å². The molecule has 0 bridgehead atoms. The lowest BCUT2D eigenvalue weighted by Crippen LogP contribution is -2.14. The van der Waals surface area contributed by atoms with Gasteiger partial charge in [-0.15, -0.1) is 11.3 Å². The lowest BCUT2D eigenvalue weighted by molar-refractivity contribution is 0.0690. The molecule has 0 atom stereocenters. The van der Waals surface area contributed by atoms with E-state index >= 15 is 0 Å². The molecule has 0 aromatic carbocycles. The van der Waals surface area contributed by atoms with Crippen LogP contribution >= 0.6 is 11.3 Å². The quantitative estimate of drug-likeness (QED) is 0.794. The Balaban J connectivity index is 2.51. The second-order valence-electron chi connectivity index (χ2n) is 4.26. The number of nitrogens with zero attached hydrogens (tertiary/aromatic N) is 1. The molecule has 0 unspecified atom stereocenters. The topological polar surface area (TPSA) is 123 Å². The Hall–Kier alpha value is -2.31. The van der Waals surface area contributed by atoms with Gasteiger partial charge in [0.05, 0.1) is 5.56 Å². The molecule has 0 aliphatic carbocycles. The number of rotatable bonds is 4. The summed E-state index contributed by atoms with van der Waals surface area (Å²) in [7, 11) is -3.98. The molecule has 0 radical (unpaired) electrons. The molecule has 0 aliphatic rings. The summed E-state index contributed by atoms with van der Waals surface area (Å²) in [5.41, 5.74) is 0.405. The average molecular weight is 325 g/mol. The van der Waals surface area contributed by atoms with Crippen molar-refractivity contribution < 1.29 is 18.3 Å². The van der Waals surface area contributed by atoms with E-state index in [0.29, 0.717) is 0 Å². The number of sulfonamides is 1. The number of carbonyl (C=O) groups is 1. The van der Waals surface area contributed by atoms with Crippen molar-refractivity contribution in [1.82, 2.24) is 4.98 Å². The molecular formula is C12H11N3O4S2. The smallest absolute Gasteiger partial charge is 0.352 e. The molecule has 0 amide bonds. The van der Waals surface area contributed by atoms with Gasteiger partial charge >= 0.3 is 5.97 Å². The van der Waals surface area contributed by atoms with Gasteiger partial charge in [-0.2, -0.15) is 5.26 Å². The standard InChI is InChI=1S/C12H11N3O4S2/c1-6-9(12(16)17)14-7(2)10(6)21(18,19)15-11-8(5-13)3-4-20-11/h3-4,14-15H,1-2H3,(H,16,17). The number of carboxylic acid groups (broad SMARTS) is 1. The first kappa shape index (κ1) is 15.1. The third-order valence-electron chi connectivity index (χ3n) is 2.86. The summed E-state index contributed by atoms with van der Waals surface area (Å²) in [6.45, 7) is 2.90. The molecule has 0 fully saturated rings. The normalized spacial score (nSPS) is 11.1. The first-order valence-electron chi connectivity index (χ1n) is 5.70. The predicted octanol–water partition coefficient (Wildman–Crippen LogP) is 2.06. The Morgan fingerprint density at radius 1 is 1.48 bits per heavy atom. The molecule has 0 saturated heterocycles. The average Bonchev–Trinajstić information content (AvgIpc) is 2.93. The van der Waals surface area contributed by atoms with E-state index in [4.69, 9.17) is 10.4 Å². The first-order valence-corrected chi connectivity index (χ1v) is 8.07. The van der Waals surface area contributed by atoms with Crippen molar-refractivity contribution in [2.45, 2.75) is 18.7 Å². The second-order valence-corrected chi connectivity index (χ2v) is 6.80. The highest BCUT2D eigenvalue weighted by atomic mass is 32.2. The Morgan fingerprint density at radius 2 is 2.14 bits per heavy atom. The van der Waals surface area contributed by atoms with Crippen molar-refractivity contribution in [2.75, 3.05) is 4.72 Å². The van der Waals surface area contributed by atoms with Crippen molar-refractivity contribution in [3.63, 3.8) is 0 Å². The summed E-state index contributed by atoms with van der Waals surface area (Å²) in [5.74, 6) is -1.23. The second kappa shape index (κ2) is 5.23. The van der Waals surface area contributed by atoms with E-state index in [0.717, 1.165) is 11.3 Å². The fourth-order valence-electron chi connectivity index (χ4n) is 2.00. The van der Waals surface area contributed by atoms with E-state index in [1.54, 1.807) is 5.38 Å². The fraction of sp³-hybridized carbons (Fsp3) is 0.167. The van der Waals surface area contributed by atoms with Crippen molar-refractivity contribution >= 4 is 32.3 Å². The third-order valence-corrected chi connectivity index (χ3v) is 5.45. The van der Waals surface area contributed by atoms with Crippen LogP contribution < -0.4 is 4.72 Å². The lowest BCUT2D eigenvalue weighted by Gasteiger charge is -2.07. The molecule has 0 spiro atoms. The summed E-state index contributed by atoms with van der Waals surface area (Å²) in [5, 5.41) is 19.7. The van der Waals surface area contributed by atoms with Crippen molar-refractivity contribution in [3.05, 3.63) is 34.0 Å². The lowest BCUT2D eigenvalue weighted by atomic mass is 10.2. The molecule has 7 nitrogen and oxygen atoms in total. The van der Waals surface area contributed by atoms with Crippen LogP contribution in [0.4, 0.5) is 5.00 Å². The minimum atomic E-state index is -3.98. The Morgan fingerprint density at radius 3 is 2.67 bits per heavy atom. The summed E-state index contributed by atoms with van der Waals surface area (Å²) in [4.78, 5) is 13.5. The summed E-state index contributed by atoms with van der Waals surface area (Å²) in [6.07, 6.45) is 0. The SMILES string of the molecule is Cc1[nH]c(C(=O)O)c(C)c1S(=O)(=O)Nc1sccc1C#N. The number of aromatic carboxylic acids is 1. The molecule has 0 saturated carbocycles. The number of hydrogen-bond donors (Lipinski definition) is 3. The highest BCUT2D eigenvalue weighted by Gasteiger charge is 2.27. The van der Waals surface area contributed by atoms with Crippen LogP contribution in [0.25, 0.3) is 0 Å². The van der Waals surface area contributed by atoms with Crippen LogP contribution in [0.5, 0.6) is 0 Å². The zero-order chi connectivity index (χ0) is 15.8. The molecule has 110 valence electrons. The van der Waals surface area contributed by atoms with Gasteiger partial charge in [0.15, 0.2) is 0 Å². The summed E-state index contributed by atoms with van der Waals surface area (Å²) < 4.78 is 27.2. The Kier molecular flexibility index (Phi) is 3.76. The van der Waals surface area contributed by atoms with E-state index in [1.165, 1.54) is 19.9 Å². The van der Waals surface area contributed by atoms with Gasteiger partial charge in [0, 0.05) is 11.3 Å². The van der Waals surface area contributed by atoms with Crippen molar-refractivity contribution in [1.29, 1.82) is 5.26 Å². The minimum Gasteiger partial charge on any atom is -0.477 e. The molecule has 2 aromatic heterocycles. The number of carboxylic acids is 1. The number of nitrogens with one attached hydrogen (secondary N) is 2. The number of aromatic amines is 1. The van der Waals surface area contributed by atoms with Crippen LogP contribution in [0, 0.1) is 25.2 Å². The van der Waals surface area contributed by atoms with Crippen LogP contribution in [0.15, 0.2) is 16.3 Å². The van der Waals surface area contributed by atoms with Gasteiger partial charge in [-0.05, 0) is 25.3 Å². The van der Waals surface area contributed by atoms with Gasteiger partial charge in [-0.25, -0.2) is 13.2 Å². The molecule has 0 aliphatic heterocycles. The number of H-pyrrole nitrogens is 1.